The molecule has 12 heteroatoms. The molecule has 3 aromatic rings. The van der Waals surface area contributed by atoms with Crippen molar-refractivity contribution < 1.29 is 27.6 Å². The Bertz CT molecular complexity index is 1550. The zero-order valence-electron chi connectivity index (χ0n) is 21.1. The maximum atomic E-state index is 13.9. The Kier molecular flexibility index (Phi) is 6.86. The van der Waals surface area contributed by atoms with Crippen LogP contribution in [0.15, 0.2) is 64.4 Å². The molecule has 40 heavy (non-hydrogen) atoms. The molecule has 2 fully saturated rings. The van der Waals surface area contributed by atoms with Gasteiger partial charge in [-0.2, -0.15) is 13.2 Å². The molecule has 7 nitrogen and oxygen atoms in total. The van der Waals surface area contributed by atoms with Gasteiger partial charge in [-0.15, -0.1) is 0 Å². The smallest absolute Gasteiger partial charge is 0.341 e. The largest absolute Gasteiger partial charge is 0.418 e. The first-order valence-electron chi connectivity index (χ1n) is 12.9. The second-order valence-electron chi connectivity index (χ2n) is 10.0. The van der Waals surface area contributed by atoms with E-state index in [0.717, 1.165) is 54.5 Å². The normalized spacial score (nSPS) is 22.8. The zero-order chi connectivity index (χ0) is 28.2. The number of hydrogen-bond donors (Lipinski definition) is 0. The Morgan fingerprint density at radius 3 is 2.27 bits per heavy atom. The number of para-hydroxylation sites is 1. The number of alkyl halides is 3. The molecule has 1 aromatic heterocycles. The van der Waals surface area contributed by atoms with Crippen LogP contribution < -0.4 is 9.77 Å². The summed E-state index contributed by atoms with van der Waals surface area (Å²) in [5.74, 6) is -3.45. The molecular formula is C28H24F3N3O4S2. The lowest BCUT2D eigenvalue weighted by atomic mass is 9.83. The molecule has 3 aliphatic rings. The minimum atomic E-state index is -4.77. The molecule has 0 radical (unpaired) electrons. The molecule has 2 aromatic carbocycles. The molecule has 3 aliphatic heterocycles. The molecule has 0 spiro atoms. The summed E-state index contributed by atoms with van der Waals surface area (Å²) in [6, 6.07) is 13.4. The Hall–Kier alpha value is -3.38. The van der Waals surface area contributed by atoms with Crippen molar-refractivity contribution >= 4 is 46.5 Å². The number of carbonyl (C=O) groups excluding carboxylic acids is 3. The van der Waals surface area contributed by atoms with Gasteiger partial charge in [0.1, 0.15) is 11.8 Å². The van der Waals surface area contributed by atoms with Crippen LogP contribution in [-0.4, -0.2) is 45.5 Å². The van der Waals surface area contributed by atoms with Crippen molar-refractivity contribution in [3.05, 3.63) is 80.3 Å². The second-order valence-corrected chi connectivity index (χ2v) is 12.2. The SMILES string of the molecule is O=C(Cn1c2c(sc1=O)C(c1ccccc1)C1C(=O)N(c3ccccc3C(F)(F)F)C(=O)C1S2)N1CCCCC1. The van der Waals surface area contributed by atoms with E-state index < -0.39 is 46.3 Å². The standard InChI is InChI=1S/C28H24F3N3O4S2/c29-28(30,31)17-11-5-6-12-18(17)34-24(36)21-20(16-9-3-1-4-10-16)23-26(39-22(21)25(34)37)33(27(38)40-23)15-19(35)32-13-7-2-8-14-32/h1,3-6,9-12,20-22H,2,7-8,13-15H2. The highest BCUT2D eigenvalue weighted by atomic mass is 32.2. The van der Waals surface area contributed by atoms with E-state index in [1.165, 1.54) is 16.7 Å². The highest BCUT2D eigenvalue weighted by molar-refractivity contribution is 8.00. The van der Waals surface area contributed by atoms with E-state index in [1.54, 1.807) is 35.2 Å². The number of imide groups is 1. The highest BCUT2D eigenvalue weighted by Crippen LogP contribution is 2.54. The van der Waals surface area contributed by atoms with Crippen molar-refractivity contribution in [1.82, 2.24) is 9.47 Å². The Labute approximate surface area is 235 Å². The van der Waals surface area contributed by atoms with E-state index in [2.05, 4.69) is 0 Å². The van der Waals surface area contributed by atoms with Crippen LogP contribution in [0.4, 0.5) is 18.9 Å². The number of halogens is 3. The summed E-state index contributed by atoms with van der Waals surface area (Å²) in [6.07, 6.45) is -1.95. The van der Waals surface area contributed by atoms with Crippen molar-refractivity contribution in [3.8, 4) is 0 Å². The molecule has 208 valence electrons. The van der Waals surface area contributed by atoms with Gasteiger partial charge in [0.05, 0.1) is 22.2 Å². The van der Waals surface area contributed by atoms with Gasteiger partial charge >= 0.3 is 11.0 Å². The number of carbonyl (C=O) groups is 3. The molecule has 0 saturated carbocycles. The van der Waals surface area contributed by atoms with Gasteiger partial charge in [-0.05, 0) is 37.0 Å². The number of likely N-dealkylation sites (tertiary alicyclic amines) is 1. The molecule has 3 unspecified atom stereocenters. The minimum Gasteiger partial charge on any atom is -0.341 e. The second kappa shape index (κ2) is 10.2. The van der Waals surface area contributed by atoms with E-state index in [9.17, 15) is 32.3 Å². The third-order valence-electron chi connectivity index (χ3n) is 7.66. The lowest BCUT2D eigenvalue weighted by Gasteiger charge is -2.31. The number of fused-ring (bicyclic) bond motifs is 2. The lowest BCUT2D eigenvalue weighted by molar-refractivity contribution is -0.137. The molecular weight excluding hydrogens is 563 g/mol. The van der Waals surface area contributed by atoms with E-state index in [1.807, 2.05) is 0 Å². The summed E-state index contributed by atoms with van der Waals surface area (Å²) in [6.45, 7) is 1.04. The quantitative estimate of drug-likeness (QED) is 0.413. The molecule has 2 saturated heterocycles. The Morgan fingerprint density at radius 2 is 1.57 bits per heavy atom. The van der Waals surface area contributed by atoms with Crippen molar-refractivity contribution in [3.63, 3.8) is 0 Å². The zero-order valence-corrected chi connectivity index (χ0v) is 22.7. The predicted octanol–water partition coefficient (Wildman–Crippen LogP) is 4.74. The minimum absolute atomic E-state index is 0.195. The van der Waals surface area contributed by atoms with Crippen LogP contribution in [0.2, 0.25) is 0 Å². The van der Waals surface area contributed by atoms with Crippen molar-refractivity contribution in [2.75, 3.05) is 18.0 Å². The van der Waals surface area contributed by atoms with E-state index in [-0.39, 0.29) is 17.3 Å². The fraction of sp³-hybridized carbons (Fsp3) is 0.357. The average Bonchev–Trinajstić information content (AvgIpc) is 3.39. The van der Waals surface area contributed by atoms with Crippen LogP contribution in [-0.2, 0) is 27.1 Å². The first-order chi connectivity index (χ1) is 19.2. The van der Waals surface area contributed by atoms with Gasteiger partial charge in [0.25, 0.3) is 0 Å². The third kappa shape index (κ3) is 4.46. The first kappa shape index (κ1) is 26.8. The van der Waals surface area contributed by atoms with Crippen molar-refractivity contribution in [1.29, 1.82) is 0 Å². The van der Waals surface area contributed by atoms with Gasteiger partial charge in [-0.3, -0.25) is 23.7 Å². The molecule has 3 amide bonds. The van der Waals surface area contributed by atoms with Gasteiger partial charge in [0.15, 0.2) is 0 Å². The third-order valence-corrected chi connectivity index (χ3v) is 10.3. The van der Waals surface area contributed by atoms with E-state index >= 15 is 0 Å². The summed E-state index contributed by atoms with van der Waals surface area (Å²) >= 11 is 1.91. The summed E-state index contributed by atoms with van der Waals surface area (Å²) in [4.78, 5) is 56.5. The van der Waals surface area contributed by atoms with Crippen LogP contribution in [0.3, 0.4) is 0 Å². The molecule has 6 rings (SSSR count). The summed E-state index contributed by atoms with van der Waals surface area (Å²) in [5.41, 5.74) is -0.912. The molecule has 4 heterocycles. The molecule has 3 atom stereocenters. The summed E-state index contributed by atoms with van der Waals surface area (Å²) in [7, 11) is 0. The van der Waals surface area contributed by atoms with Crippen LogP contribution in [0.1, 0.15) is 41.2 Å². The average molecular weight is 588 g/mol. The summed E-state index contributed by atoms with van der Waals surface area (Å²) < 4.78 is 43.0. The van der Waals surface area contributed by atoms with Crippen LogP contribution in [0.5, 0.6) is 0 Å². The van der Waals surface area contributed by atoms with E-state index in [4.69, 9.17) is 0 Å². The molecule has 0 N–H and O–H groups in total. The maximum Gasteiger partial charge on any atom is 0.418 e. The maximum absolute atomic E-state index is 13.9. The van der Waals surface area contributed by atoms with Crippen LogP contribution in [0, 0.1) is 5.92 Å². The number of benzene rings is 2. The highest BCUT2D eigenvalue weighted by Gasteiger charge is 2.57. The number of thioether (sulfide) groups is 1. The van der Waals surface area contributed by atoms with Crippen LogP contribution in [0.25, 0.3) is 0 Å². The number of piperidine rings is 1. The monoisotopic (exact) mass is 587 g/mol. The summed E-state index contributed by atoms with van der Waals surface area (Å²) in [5, 5.41) is -0.639. The van der Waals surface area contributed by atoms with Gasteiger partial charge in [0.2, 0.25) is 17.7 Å². The number of aromatic nitrogens is 1. The number of nitrogens with zero attached hydrogens (tertiary/aromatic N) is 3. The van der Waals surface area contributed by atoms with Gasteiger partial charge in [0, 0.05) is 23.9 Å². The Balaban J connectivity index is 1.44. The van der Waals surface area contributed by atoms with Gasteiger partial charge < -0.3 is 4.90 Å². The molecule has 0 aliphatic carbocycles. The van der Waals surface area contributed by atoms with Crippen LogP contribution >= 0.6 is 23.1 Å². The Morgan fingerprint density at radius 1 is 0.900 bits per heavy atom. The van der Waals surface area contributed by atoms with Gasteiger partial charge in [-0.1, -0.05) is 65.6 Å². The number of hydrogen-bond acceptors (Lipinski definition) is 6. The van der Waals surface area contributed by atoms with Crippen molar-refractivity contribution in [2.24, 2.45) is 5.92 Å². The predicted molar refractivity (Wildman–Crippen MR) is 144 cm³/mol. The number of rotatable bonds is 4. The number of amides is 3. The molecule has 0 bridgehead atoms. The first-order valence-corrected chi connectivity index (χ1v) is 14.6. The number of thiazole rings is 1. The lowest BCUT2D eigenvalue weighted by Crippen LogP contribution is -2.39. The fourth-order valence-corrected chi connectivity index (χ4v) is 8.57. The van der Waals surface area contributed by atoms with E-state index in [0.29, 0.717) is 33.5 Å². The fourth-order valence-electron chi connectivity index (χ4n) is 5.80. The van der Waals surface area contributed by atoms with Crippen molar-refractivity contribution in [2.45, 2.75) is 48.2 Å². The number of anilines is 1. The topological polar surface area (TPSA) is 79.7 Å². The van der Waals surface area contributed by atoms with Gasteiger partial charge in [-0.25, -0.2) is 4.90 Å².